The number of halogens is 1. The zero-order valence-corrected chi connectivity index (χ0v) is 11.8. The van der Waals surface area contributed by atoms with E-state index in [9.17, 15) is 0 Å². The van der Waals surface area contributed by atoms with Crippen molar-refractivity contribution in [2.45, 2.75) is 19.3 Å². The van der Waals surface area contributed by atoms with E-state index in [2.05, 4.69) is 63.7 Å². The molecular formula is C16H16BrN. The molecule has 2 aromatic rings. The van der Waals surface area contributed by atoms with Crippen molar-refractivity contribution in [1.82, 2.24) is 0 Å². The molecule has 1 heterocycles. The summed E-state index contributed by atoms with van der Waals surface area (Å²) in [7, 11) is 0. The van der Waals surface area contributed by atoms with E-state index in [0.717, 1.165) is 17.4 Å². The van der Waals surface area contributed by atoms with Crippen LogP contribution in [0.2, 0.25) is 0 Å². The fourth-order valence-corrected chi connectivity index (χ4v) is 2.97. The van der Waals surface area contributed by atoms with Gasteiger partial charge in [0, 0.05) is 16.7 Å². The van der Waals surface area contributed by atoms with Gasteiger partial charge in [-0.05, 0) is 54.2 Å². The first kappa shape index (κ1) is 11.8. The molecular weight excluding hydrogens is 286 g/mol. The third-order valence-electron chi connectivity index (χ3n) is 3.41. The Hall–Kier alpha value is -1.28. The van der Waals surface area contributed by atoms with E-state index in [1.807, 2.05) is 0 Å². The molecule has 1 nitrogen and oxygen atoms in total. The number of benzene rings is 2. The summed E-state index contributed by atoms with van der Waals surface area (Å²) in [5.74, 6) is 0. The van der Waals surface area contributed by atoms with E-state index in [1.54, 1.807) is 0 Å². The molecule has 0 fully saturated rings. The molecule has 92 valence electrons. The Morgan fingerprint density at radius 2 is 1.94 bits per heavy atom. The lowest BCUT2D eigenvalue weighted by atomic mass is 9.97. The zero-order valence-electron chi connectivity index (χ0n) is 10.2. The van der Waals surface area contributed by atoms with Crippen molar-refractivity contribution in [3.05, 3.63) is 63.6 Å². The maximum atomic E-state index is 3.53. The Labute approximate surface area is 116 Å². The fraction of sp³-hybridized carbons (Fsp3) is 0.250. The molecule has 0 bridgehead atoms. The normalized spacial score (nSPS) is 13.8. The van der Waals surface area contributed by atoms with Gasteiger partial charge >= 0.3 is 0 Å². The van der Waals surface area contributed by atoms with E-state index in [1.165, 1.54) is 35.2 Å². The molecule has 1 aliphatic heterocycles. The van der Waals surface area contributed by atoms with Gasteiger partial charge in [0.05, 0.1) is 0 Å². The SMILES string of the molecule is Brc1cccc(Cc2ccc3c(c2)CCCN3)c1. The van der Waals surface area contributed by atoms with Gasteiger partial charge in [-0.15, -0.1) is 0 Å². The van der Waals surface area contributed by atoms with Gasteiger partial charge in [0.15, 0.2) is 0 Å². The van der Waals surface area contributed by atoms with Crippen LogP contribution >= 0.6 is 15.9 Å². The first-order valence-corrected chi connectivity index (χ1v) is 7.21. The first-order valence-electron chi connectivity index (χ1n) is 6.41. The van der Waals surface area contributed by atoms with E-state index in [4.69, 9.17) is 0 Å². The summed E-state index contributed by atoms with van der Waals surface area (Å²) in [6.07, 6.45) is 3.45. The predicted molar refractivity (Wildman–Crippen MR) is 80.2 cm³/mol. The van der Waals surface area contributed by atoms with Gasteiger partial charge in [0.1, 0.15) is 0 Å². The van der Waals surface area contributed by atoms with Crippen LogP contribution in [-0.2, 0) is 12.8 Å². The first-order chi connectivity index (χ1) is 8.81. The summed E-state index contributed by atoms with van der Waals surface area (Å²) >= 11 is 3.53. The van der Waals surface area contributed by atoms with Crippen LogP contribution in [-0.4, -0.2) is 6.54 Å². The molecule has 0 saturated carbocycles. The highest BCUT2D eigenvalue weighted by molar-refractivity contribution is 9.10. The lowest BCUT2D eigenvalue weighted by Crippen LogP contribution is -2.11. The van der Waals surface area contributed by atoms with Crippen molar-refractivity contribution in [3.63, 3.8) is 0 Å². The fourth-order valence-electron chi connectivity index (χ4n) is 2.52. The van der Waals surface area contributed by atoms with Gasteiger partial charge in [-0.2, -0.15) is 0 Å². The van der Waals surface area contributed by atoms with Crippen molar-refractivity contribution in [1.29, 1.82) is 0 Å². The third-order valence-corrected chi connectivity index (χ3v) is 3.90. The molecule has 1 N–H and O–H groups in total. The van der Waals surface area contributed by atoms with Crippen LogP contribution in [0.4, 0.5) is 5.69 Å². The molecule has 0 radical (unpaired) electrons. The number of anilines is 1. The van der Waals surface area contributed by atoms with Crippen molar-refractivity contribution >= 4 is 21.6 Å². The second kappa shape index (κ2) is 5.15. The highest BCUT2D eigenvalue weighted by atomic mass is 79.9. The van der Waals surface area contributed by atoms with Gasteiger partial charge in [-0.3, -0.25) is 0 Å². The smallest absolute Gasteiger partial charge is 0.0372 e. The third kappa shape index (κ3) is 2.59. The number of rotatable bonds is 2. The number of nitrogens with one attached hydrogen (secondary N) is 1. The predicted octanol–water partition coefficient (Wildman–Crippen LogP) is 4.40. The summed E-state index contributed by atoms with van der Waals surface area (Å²) in [5, 5.41) is 3.46. The van der Waals surface area contributed by atoms with E-state index < -0.39 is 0 Å². The van der Waals surface area contributed by atoms with Gasteiger partial charge in [-0.1, -0.05) is 40.2 Å². The highest BCUT2D eigenvalue weighted by Crippen LogP contribution is 2.24. The monoisotopic (exact) mass is 301 g/mol. The molecule has 0 amide bonds. The molecule has 2 aromatic carbocycles. The summed E-state index contributed by atoms with van der Waals surface area (Å²) in [4.78, 5) is 0. The Morgan fingerprint density at radius 3 is 2.83 bits per heavy atom. The number of hydrogen-bond acceptors (Lipinski definition) is 1. The van der Waals surface area contributed by atoms with Gasteiger partial charge in [0.25, 0.3) is 0 Å². The van der Waals surface area contributed by atoms with Crippen molar-refractivity contribution in [3.8, 4) is 0 Å². The van der Waals surface area contributed by atoms with Gasteiger partial charge in [0.2, 0.25) is 0 Å². The molecule has 2 heteroatoms. The minimum Gasteiger partial charge on any atom is -0.385 e. The van der Waals surface area contributed by atoms with Gasteiger partial charge < -0.3 is 5.32 Å². The second-order valence-corrected chi connectivity index (χ2v) is 5.74. The average molecular weight is 302 g/mol. The van der Waals surface area contributed by atoms with E-state index >= 15 is 0 Å². The van der Waals surface area contributed by atoms with Gasteiger partial charge in [-0.25, -0.2) is 0 Å². The average Bonchev–Trinajstić information content (AvgIpc) is 2.39. The van der Waals surface area contributed by atoms with Crippen LogP contribution < -0.4 is 5.32 Å². The summed E-state index contributed by atoms with van der Waals surface area (Å²) in [6, 6.07) is 15.3. The number of fused-ring (bicyclic) bond motifs is 1. The van der Waals surface area contributed by atoms with Crippen molar-refractivity contribution in [2.24, 2.45) is 0 Å². The Kier molecular flexibility index (Phi) is 3.37. The maximum Gasteiger partial charge on any atom is 0.0372 e. The molecule has 1 aliphatic rings. The largest absolute Gasteiger partial charge is 0.385 e. The molecule has 0 aliphatic carbocycles. The Morgan fingerprint density at radius 1 is 1.06 bits per heavy atom. The Balaban J connectivity index is 1.85. The number of aryl methyl sites for hydroxylation is 1. The standard InChI is InChI=1S/C16H16BrN/c17-15-5-1-3-12(11-15)9-13-6-7-16-14(10-13)4-2-8-18-16/h1,3,5-7,10-11,18H,2,4,8-9H2. The van der Waals surface area contributed by atoms with Crippen LogP contribution in [0.3, 0.4) is 0 Å². The minimum atomic E-state index is 1.01. The quantitative estimate of drug-likeness (QED) is 0.867. The summed E-state index contributed by atoms with van der Waals surface area (Å²) in [5.41, 5.74) is 5.54. The summed E-state index contributed by atoms with van der Waals surface area (Å²) < 4.78 is 1.15. The van der Waals surface area contributed by atoms with Crippen LogP contribution in [0.1, 0.15) is 23.1 Å². The number of hydrogen-bond donors (Lipinski definition) is 1. The zero-order chi connectivity index (χ0) is 12.4. The second-order valence-electron chi connectivity index (χ2n) is 4.83. The van der Waals surface area contributed by atoms with Crippen LogP contribution in [0, 0.1) is 0 Å². The lowest BCUT2D eigenvalue weighted by molar-refractivity contribution is 0.828. The van der Waals surface area contributed by atoms with Crippen LogP contribution in [0.25, 0.3) is 0 Å². The molecule has 0 aromatic heterocycles. The lowest BCUT2D eigenvalue weighted by Gasteiger charge is -2.18. The molecule has 18 heavy (non-hydrogen) atoms. The highest BCUT2D eigenvalue weighted by Gasteiger charge is 2.08. The minimum absolute atomic E-state index is 1.01. The summed E-state index contributed by atoms with van der Waals surface area (Å²) in [6.45, 7) is 1.11. The topological polar surface area (TPSA) is 12.0 Å². The van der Waals surface area contributed by atoms with Crippen LogP contribution in [0.15, 0.2) is 46.9 Å². The maximum absolute atomic E-state index is 3.53. The molecule has 0 atom stereocenters. The van der Waals surface area contributed by atoms with Crippen molar-refractivity contribution < 1.29 is 0 Å². The molecule has 0 spiro atoms. The molecule has 0 saturated heterocycles. The molecule has 3 rings (SSSR count). The molecule has 0 unspecified atom stereocenters. The van der Waals surface area contributed by atoms with E-state index in [-0.39, 0.29) is 0 Å². The van der Waals surface area contributed by atoms with Crippen molar-refractivity contribution in [2.75, 3.05) is 11.9 Å². The van der Waals surface area contributed by atoms with Crippen LogP contribution in [0.5, 0.6) is 0 Å². The van der Waals surface area contributed by atoms with E-state index in [0.29, 0.717) is 0 Å². The Bertz CT molecular complexity index is 563.